The zero-order valence-electron chi connectivity index (χ0n) is 5.38. The number of nitrogens with zero attached hydrogens (tertiary/aromatic N) is 1. The van der Waals surface area contributed by atoms with Crippen molar-refractivity contribution in [2.24, 2.45) is 0 Å². The van der Waals surface area contributed by atoms with Crippen LogP contribution in [0.4, 0.5) is 0 Å². The van der Waals surface area contributed by atoms with Gasteiger partial charge in [0.25, 0.3) is 5.89 Å². The lowest BCUT2D eigenvalue weighted by Crippen LogP contribution is -1.93. The Kier molecular flexibility index (Phi) is 1.57. The summed E-state index contributed by atoms with van der Waals surface area (Å²) in [4.78, 5) is 10.3. The lowest BCUT2D eigenvalue weighted by Gasteiger charge is -1.93. The van der Waals surface area contributed by atoms with E-state index in [1.165, 1.54) is 7.11 Å². The molecule has 0 saturated heterocycles. The minimum Gasteiger partial charge on any atom is -0.492 e. The molecule has 0 radical (unpaired) electrons. The molecule has 54 valence electrons. The number of hydrogen-bond acceptors (Lipinski definition) is 4. The number of aromatic amines is 1. The molecule has 0 aliphatic carbocycles. The smallest absolute Gasteiger partial charge is 0.434 e. The van der Waals surface area contributed by atoms with Crippen molar-refractivity contribution in [2.75, 3.05) is 7.11 Å². The summed E-state index contributed by atoms with van der Waals surface area (Å²) in [6.45, 7) is 3.42. The van der Waals surface area contributed by atoms with Crippen molar-refractivity contribution in [3.8, 4) is 0 Å². The van der Waals surface area contributed by atoms with Crippen LogP contribution in [0, 0.1) is 0 Å². The van der Waals surface area contributed by atoms with Gasteiger partial charge in [0.2, 0.25) is 0 Å². The lowest BCUT2D eigenvalue weighted by atomic mass is 10.6. The van der Waals surface area contributed by atoms with E-state index >= 15 is 0 Å². The molecule has 1 aromatic heterocycles. The van der Waals surface area contributed by atoms with Crippen molar-refractivity contribution < 1.29 is 9.15 Å². The van der Waals surface area contributed by atoms with Crippen LogP contribution in [-0.2, 0) is 4.74 Å². The molecule has 5 heteroatoms. The SMILES string of the molecule is C=C(OC)c1n[nH]c(=O)o1. The average molecular weight is 142 g/mol. The van der Waals surface area contributed by atoms with E-state index in [0.717, 1.165) is 0 Å². The summed E-state index contributed by atoms with van der Waals surface area (Å²) in [7, 11) is 1.41. The Morgan fingerprint density at radius 2 is 2.60 bits per heavy atom. The number of H-pyrrole nitrogens is 1. The van der Waals surface area contributed by atoms with Gasteiger partial charge in [-0.2, -0.15) is 0 Å². The minimum atomic E-state index is -0.617. The van der Waals surface area contributed by atoms with E-state index in [1.54, 1.807) is 0 Å². The highest BCUT2D eigenvalue weighted by molar-refractivity contribution is 5.46. The van der Waals surface area contributed by atoms with Gasteiger partial charge >= 0.3 is 5.76 Å². The highest BCUT2D eigenvalue weighted by Crippen LogP contribution is 2.04. The maximum atomic E-state index is 10.3. The van der Waals surface area contributed by atoms with Crippen molar-refractivity contribution >= 4 is 5.76 Å². The molecule has 0 unspecified atom stereocenters. The molecule has 0 aromatic carbocycles. The summed E-state index contributed by atoms with van der Waals surface area (Å²) in [5, 5.41) is 5.53. The van der Waals surface area contributed by atoms with Crippen molar-refractivity contribution in [1.29, 1.82) is 0 Å². The van der Waals surface area contributed by atoms with Crippen LogP contribution in [-0.4, -0.2) is 17.3 Å². The van der Waals surface area contributed by atoms with E-state index in [0.29, 0.717) is 0 Å². The summed E-state index contributed by atoms with van der Waals surface area (Å²) in [6, 6.07) is 0. The predicted molar refractivity (Wildman–Crippen MR) is 33.2 cm³/mol. The molecule has 1 N–H and O–H groups in total. The fourth-order valence-electron chi connectivity index (χ4n) is 0.436. The van der Waals surface area contributed by atoms with Crippen LogP contribution >= 0.6 is 0 Å². The molecule has 0 fully saturated rings. The summed E-state index contributed by atoms with van der Waals surface area (Å²) >= 11 is 0. The van der Waals surface area contributed by atoms with Gasteiger partial charge in [-0.3, -0.25) is 0 Å². The van der Waals surface area contributed by atoms with Gasteiger partial charge in [-0.1, -0.05) is 6.58 Å². The monoisotopic (exact) mass is 142 g/mol. The van der Waals surface area contributed by atoms with Gasteiger partial charge in [-0.05, 0) is 0 Å². The first-order valence-corrected chi connectivity index (χ1v) is 2.53. The third kappa shape index (κ3) is 1.07. The van der Waals surface area contributed by atoms with Crippen LogP contribution in [0.3, 0.4) is 0 Å². The Hall–Kier alpha value is -1.52. The molecule has 0 amide bonds. The molecule has 0 saturated carbocycles. The molecule has 0 atom stereocenters. The number of hydrogen-bond donors (Lipinski definition) is 1. The van der Waals surface area contributed by atoms with Gasteiger partial charge in [0, 0.05) is 0 Å². The van der Waals surface area contributed by atoms with Crippen molar-refractivity contribution in [3.63, 3.8) is 0 Å². The summed E-state index contributed by atoms with van der Waals surface area (Å²) in [5.74, 6) is -0.320. The molecule has 0 aliphatic rings. The van der Waals surface area contributed by atoms with Gasteiger partial charge in [0.1, 0.15) is 0 Å². The van der Waals surface area contributed by atoms with Crippen LogP contribution in [0.25, 0.3) is 5.76 Å². The van der Waals surface area contributed by atoms with Gasteiger partial charge in [0.05, 0.1) is 7.11 Å². The van der Waals surface area contributed by atoms with Crippen molar-refractivity contribution in [2.45, 2.75) is 0 Å². The molecule has 0 spiro atoms. The third-order valence-corrected chi connectivity index (χ3v) is 0.923. The van der Waals surface area contributed by atoms with Crippen molar-refractivity contribution in [1.82, 2.24) is 10.2 Å². The molecule has 0 aliphatic heterocycles. The van der Waals surface area contributed by atoms with Crippen LogP contribution in [0.15, 0.2) is 15.8 Å². The lowest BCUT2D eigenvalue weighted by molar-refractivity contribution is 0.346. The summed E-state index contributed by atoms with van der Waals surface area (Å²) < 4.78 is 9.13. The molecule has 10 heavy (non-hydrogen) atoms. The molecule has 1 heterocycles. The number of methoxy groups -OCH3 is 1. The Bertz CT molecular complexity index is 285. The van der Waals surface area contributed by atoms with E-state index in [9.17, 15) is 4.79 Å². The van der Waals surface area contributed by atoms with Gasteiger partial charge < -0.3 is 9.15 Å². The largest absolute Gasteiger partial charge is 0.492 e. The second-order valence-electron chi connectivity index (χ2n) is 1.55. The summed E-state index contributed by atoms with van der Waals surface area (Å²) in [5.41, 5.74) is 0. The molecule has 5 nitrogen and oxygen atoms in total. The van der Waals surface area contributed by atoms with E-state index in [1.807, 2.05) is 0 Å². The minimum absolute atomic E-state index is 0.0764. The quantitative estimate of drug-likeness (QED) is 0.589. The van der Waals surface area contributed by atoms with E-state index in [4.69, 9.17) is 0 Å². The predicted octanol–water partition coefficient (Wildman–Crippen LogP) is -0.0200. The molecule has 1 aromatic rings. The Morgan fingerprint density at radius 1 is 1.90 bits per heavy atom. The maximum Gasteiger partial charge on any atom is 0.434 e. The Morgan fingerprint density at radius 3 is 3.00 bits per heavy atom. The van der Waals surface area contributed by atoms with Crippen molar-refractivity contribution in [3.05, 3.63) is 23.0 Å². The second kappa shape index (κ2) is 2.38. The fraction of sp³-hybridized carbons (Fsp3) is 0.200. The van der Waals surface area contributed by atoms with Crippen LogP contribution in [0.5, 0.6) is 0 Å². The zero-order valence-corrected chi connectivity index (χ0v) is 5.38. The topological polar surface area (TPSA) is 68.1 Å². The average Bonchev–Trinajstić information content (AvgIpc) is 2.34. The third-order valence-electron chi connectivity index (χ3n) is 0.923. The molecule has 0 bridgehead atoms. The zero-order chi connectivity index (χ0) is 7.56. The second-order valence-corrected chi connectivity index (χ2v) is 1.55. The fourth-order valence-corrected chi connectivity index (χ4v) is 0.436. The normalized spacial score (nSPS) is 9.30. The standard InChI is InChI=1S/C5H6N2O3/c1-3(9-2)4-6-7-5(8)10-4/h1H2,2H3,(H,7,8). The number of ether oxygens (including phenoxy) is 1. The number of rotatable bonds is 2. The highest BCUT2D eigenvalue weighted by atomic mass is 16.5. The van der Waals surface area contributed by atoms with E-state index in [-0.39, 0.29) is 11.6 Å². The van der Waals surface area contributed by atoms with Crippen LogP contribution in [0.2, 0.25) is 0 Å². The highest BCUT2D eigenvalue weighted by Gasteiger charge is 2.04. The van der Waals surface area contributed by atoms with Crippen LogP contribution < -0.4 is 5.76 Å². The first-order valence-electron chi connectivity index (χ1n) is 2.53. The van der Waals surface area contributed by atoms with Gasteiger partial charge in [-0.25, -0.2) is 9.89 Å². The Balaban J connectivity index is 2.95. The van der Waals surface area contributed by atoms with E-state index in [2.05, 4.69) is 25.9 Å². The van der Waals surface area contributed by atoms with Gasteiger partial charge in [-0.15, -0.1) is 5.10 Å². The molecular formula is C5H6N2O3. The molecule has 1 rings (SSSR count). The Labute approximate surface area is 56.3 Å². The summed E-state index contributed by atoms with van der Waals surface area (Å²) in [6.07, 6.45) is 0. The molecular weight excluding hydrogens is 136 g/mol. The van der Waals surface area contributed by atoms with Crippen LogP contribution in [0.1, 0.15) is 5.89 Å². The van der Waals surface area contributed by atoms with E-state index < -0.39 is 5.76 Å². The number of nitrogens with one attached hydrogen (secondary N) is 1. The first kappa shape index (κ1) is 6.60. The number of aromatic nitrogens is 2. The van der Waals surface area contributed by atoms with Gasteiger partial charge in [0.15, 0.2) is 5.76 Å². The first-order chi connectivity index (χ1) is 4.74. The maximum absolute atomic E-state index is 10.3.